The van der Waals surface area contributed by atoms with E-state index in [4.69, 9.17) is 4.74 Å². The fourth-order valence-electron chi connectivity index (χ4n) is 2.86. The van der Waals surface area contributed by atoms with E-state index in [1.165, 1.54) is 37.7 Å². The highest BCUT2D eigenvalue weighted by Gasteiger charge is 2.20. The van der Waals surface area contributed by atoms with Crippen molar-refractivity contribution >= 4 is 0 Å². The molecule has 1 N–H and O–H groups in total. The molecule has 1 aliphatic carbocycles. The van der Waals surface area contributed by atoms with Crippen molar-refractivity contribution in [1.29, 1.82) is 0 Å². The Morgan fingerprint density at radius 3 is 2.76 bits per heavy atom. The minimum absolute atomic E-state index is 0.466. The summed E-state index contributed by atoms with van der Waals surface area (Å²) in [6.07, 6.45) is 6.90. The van der Waals surface area contributed by atoms with Crippen LogP contribution in [-0.2, 0) is 0 Å². The van der Waals surface area contributed by atoms with Gasteiger partial charge < -0.3 is 10.1 Å². The van der Waals surface area contributed by atoms with E-state index < -0.39 is 0 Å². The molecule has 1 atom stereocenters. The molecule has 2 nitrogen and oxygen atoms in total. The molecular formula is C15H23NO. The Labute approximate surface area is 104 Å². The number of nitrogens with one attached hydrogen (secondary N) is 1. The van der Waals surface area contributed by atoms with Crippen LogP contribution >= 0.6 is 0 Å². The number of rotatable bonds is 5. The fraction of sp³-hybridized carbons (Fsp3) is 0.600. The van der Waals surface area contributed by atoms with Crippen LogP contribution in [0, 0.1) is 5.92 Å². The van der Waals surface area contributed by atoms with Gasteiger partial charge in [-0.1, -0.05) is 37.8 Å². The van der Waals surface area contributed by atoms with Crippen LogP contribution in [0.25, 0.3) is 0 Å². The quantitative estimate of drug-likeness (QED) is 0.840. The van der Waals surface area contributed by atoms with E-state index in [-0.39, 0.29) is 0 Å². The summed E-state index contributed by atoms with van der Waals surface area (Å²) in [5.74, 6) is 1.85. The molecule has 2 rings (SSSR count). The van der Waals surface area contributed by atoms with Crippen LogP contribution in [0.5, 0.6) is 5.75 Å². The molecular weight excluding hydrogens is 210 g/mol. The second kappa shape index (κ2) is 6.06. The van der Waals surface area contributed by atoms with Crippen molar-refractivity contribution in [3.8, 4) is 5.75 Å². The molecule has 0 amide bonds. The fourth-order valence-corrected chi connectivity index (χ4v) is 2.86. The SMILES string of the molecule is CNC(CC1CCCC1)c1cccc(OC)c1. The van der Waals surface area contributed by atoms with E-state index in [0.717, 1.165) is 11.7 Å². The lowest BCUT2D eigenvalue weighted by Crippen LogP contribution is -2.19. The molecule has 1 unspecified atom stereocenters. The first-order valence-electron chi connectivity index (χ1n) is 6.64. The Hall–Kier alpha value is -1.02. The first-order valence-corrected chi connectivity index (χ1v) is 6.64. The van der Waals surface area contributed by atoms with Crippen molar-refractivity contribution in [3.05, 3.63) is 29.8 Å². The molecule has 2 heteroatoms. The van der Waals surface area contributed by atoms with E-state index in [1.54, 1.807) is 7.11 Å². The minimum Gasteiger partial charge on any atom is -0.497 e. The largest absolute Gasteiger partial charge is 0.497 e. The van der Waals surface area contributed by atoms with Gasteiger partial charge in [0.05, 0.1) is 7.11 Å². The summed E-state index contributed by atoms with van der Waals surface area (Å²) in [5, 5.41) is 3.44. The predicted octanol–water partition coefficient (Wildman–Crippen LogP) is 3.54. The van der Waals surface area contributed by atoms with Crippen LogP contribution in [0.15, 0.2) is 24.3 Å². The van der Waals surface area contributed by atoms with Gasteiger partial charge >= 0.3 is 0 Å². The molecule has 0 bridgehead atoms. The third kappa shape index (κ3) is 3.22. The molecule has 1 aromatic rings. The van der Waals surface area contributed by atoms with E-state index in [0.29, 0.717) is 6.04 Å². The summed E-state index contributed by atoms with van der Waals surface area (Å²) in [6.45, 7) is 0. The summed E-state index contributed by atoms with van der Waals surface area (Å²) in [5.41, 5.74) is 1.35. The highest BCUT2D eigenvalue weighted by atomic mass is 16.5. The van der Waals surface area contributed by atoms with E-state index in [9.17, 15) is 0 Å². The Bertz CT molecular complexity index is 345. The van der Waals surface area contributed by atoms with Crippen molar-refractivity contribution in [1.82, 2.24) is 5.32 Å². The van der Waals surface area contributed by atoms with Gasteiger partial charge in [0.1, 0.15) is 5.75 Å². The molecule has 0 spiro atoms. The average molecular weight is 233 g/mol. The second-order valence-corrected chi connectivity index (χ2v) is 5.00. The van der Waals surface area contributed by atoms with Crippen molar-refractivity contribution in [2.24, 2.45) is 5.92 Å². The van der Waals surface area contributed by atoms with Crippen molar-refractivity contribution in [3.63, 3.8) is 0 Å². The maximum atomic E-state index is 5.29. The number of ether oxygens (including phenoxy) is 1. The zero-order valence-electron chi connectivity index (χ0n) is 10.9. The Morgan fingerprint density at radius 1 is 1.35 bits per heavy atom. The summed E-state index contributed by atoms with van der Waals surface area (Å²) < 4.78 is 5.29. The number of hydrogen-bond acceptors (Lipinski definition) is 2. The first-order chi connectivity index (χ1) is 8.33. The molecule has 94 valence electrons. The maximum absolute atomic E-state index is 5.29. The van der Waals surface area contributed by atoms with E-state index in [2.05, 4.69) is 30.6 Å². The summed E-state index contributed by atoms with van der Waals surface area (Å²) in [4.78, 5) is 0. The lowest BCUT2D eigenvalue weighted by Gasteiger charge is -2.21. The lowest BCUT2D eigenvalue weighted by molar-refractivity contribution is 0.402. The first kappa shape index (κ1) is 12.4. The van der Waals surface area contributed by atoms with Gasteiger partial charge in [0, 0.05) is 6.04 Å². The number of benzene rings is 1. The number of hydrogen-bond donors (Lipinski definition) is 1. The van der Waals surface area contributed by atoms with Gasteiger partial charge in [0.2, 0.25) is 0 Å². The Morgan fingerprint density at radius 2 is 2.12 bits per heavy atom. The lowest BCUT2D eigenvalue weighted by atomic mass is 9.93. The molecule has 0 aromatic heterocycles. The zero-order valence-corrected chi connectivity index (χ0v) is 10.9. The molecule has 1 saturated carbocycles. The molecule has 0 aliphatic heterocycles. The second-order valence-electron chi connectivity index (χ2n) is 5.00. The van der Waals surface area contributed by atoms with Gasteiger partial charge in [-0.3, -0.25) is 0 Å². The summed E-state index contributed by atoms with van der Waals surface area (Å²) in [7, 11) is 3.78. The van der Waals surface area contributed by atoms with Crippen molar-refractivity contribution in [2.75, 3.05) is 14.2 Å². The third-order valence-electron chi connectivity index (χ3n) is 3.89. The molecule has 1 aromatic carbocycles. The predicted molar refractivity (Wildman–Crippen MR) is 71.4 cm³/mol. The summed E-state index contributed by atoms with van der Waals surface area (Å²) >= 11 is 0. The Kier molecular flexibility index (Phi) is 4.43. The van der Waals surface area contributed by atoms with Crippen molar-refractivity contribution < 1.29 is 4.74 Å². The van der Waals surface area contributed by atoms with Crippen LogP contribution < -0.4 is 10.1 Å². The van der Waals surface area contributed by atoms with Gasteiger partial charge in [-0.25, -0.2) is 0 Å². The average Bonchev–Trinajstić information content (AvgIpc) is 2.89. The standard InChI is InChI=1S/C15H23NO/c1-16-15(10-12-6-3-4-7-12)13-8-5-9-14(11-13)17-2/h5,8-9,11-12,15-16H,3-4,6-7,10H2,1-2H3. The van der Waals surface area contributed by atoms with Crippen LogP contribution in [0.2, 0.25) is 0 Å². The van der Waals surface area contributed by atoms with Gasteiger partial charge in [0.25, 0.3) is 0 Å². The molecule has 17 heavy (non-hydrogen) atoms. The molecule has 0 saturated heterocycles. The Balaban J connectivity index is 2.04. The van der Waals surface area contributed by atoms with Crippen LogP contribution in [0.4, 0.5) is 0 Å². The molecule has 0 heterocycles. The minimum atomic E-state index is 0.466. The van der Waals surface area contributed by atoms with Gasteiger partial charge in [0.15, 0.2) is 0 Å². The molecule has 1 fully saturated rings. The maximum Gasteiger partial charge on any atom is 0.119 e. The third-order valence-corrected chi connectivity index (χ3v) is 3.89. The van der Waals surface area contributed by atoms with Gasteiger partial charge in [-0.05, 0) is 37.1 Å². The molecule has 0 radical (unpaired) electrons. The molecule has 1 aliphatic rings. The van der Waals surface area contributed by atoms with Crippen molar-refractivity contribution in [2.45, 2.75) is 38.1 Å². The van der Waals surface area contributed by atoms with Gasteiger partial charge in [-0.2, -0.15) is 0 Å². The zero-order chi connectivity index (χ0) is 12.1. The highest BCUT2D eigenvalue weighted by Crippen LogP contribution is 2.33. The van der Waals surface area contributed by atoms with Crippen LogP contribution in [0.3, 0.4) is 0 Å². The topological polar surface area (TPSA) is 21.3 Å². The highest BCUT2D eigenvalue weighted by molar-refractivity contribution is 5.30. The van der Waals surface area contributed by atoms with E-state index >= 15 is 0 Å². The monoisotopic (exact) mass is 233 g/mol. The van der Waals surface area contributed by atoms with Crippen LogP contribution in [-0.4, -0.2) is 14.2 Å². The van der Waals surface area contributed by atoms with E-state index in [1.807, 2.05) is 6.07 Å². The smallest absolute Gasteiger partial charge is 0.119 e. The normalized spacial score (nSPS) is 18.2. The summed E-state index contributed by atoms with van der Waals surface area (Å²) in [6, 6.07) is 8.89. The van der Waals surface area contributed by atoms with Gasteiger partial charge in [-0.15, -0.1) is 0 Å². The number of methoxy groups -OCH3 is 1. The van der Waals surface area contributed by atoms with Crippen LogP contribution in [0.1, 0.15) is 43.7 Å².